The number of piperidine rings is 1. The Morgan fingerprint density at radius 2 is 2.08 bits per heavy atom. The van der Waals surface area contributed by atoms with E-state index < -0.39 is 9.84 Å². The summed E-state index contributed by atoms with van der Waals surface area (Å²) in [5.74, 6) is 0.597. The standard InChI is InChI=1S/C18H24N4O2S/c1-25(23,24)16-13-21-18(20-11-9-14-6-3-2-4-7-14)22-17(16)15-8-5-10-19-12-15/h2-4,6-7,13,15,19H,5,8-12H2,1H3,(H,20,21,22). The highest BCUT2D eigenvalue weighted by Crippen LogP contribution is 2.27. The molecule has 2 N–H and O–H groups in total. The number of benzene rings is 1. The van der Waals surface area contributed by atoms with E-state index in [1.165, 1.54) is 18.0 Å². The first-order chi connectivity index (χ1) is 12.0. The third kappa shape index (κ3) is 4.76. The Bertz CT molecular complexity index is 803. The monoisotopic (exact) mass is 360 g/mol. The van der Waals surface area contributed by atoms with E-state index in [0.717, 1.165) is 32.4 Å². The highest BCUT2D eigenvalue weighted by atomic mass is 32.2. The van der Waals surface area contributed by atoms with Gasteiger partial charge < -0.3 is 10.6 Å². The molecule has 134 valence electrons. The summed E-state index contributed by atoms with van der Waals surface area (Å²) >= 11 is 0. The first-order valence-electron chi connectivity index (χ1n) is 8.59. The Balaban J connectivity index is 1.76. The van der Waals surface area contributed by atoms with Crippen molar-refractivity contribution in [3.8, 4) is 0 Å². The van der Waals surface area contributed by atoms with Gasteiger partial charge in [0.1, 0.15) is 4.90 Å². The van der Waals surface area contributed by atoms with Crippen LogP contribution in [0.2, 0.25) is 0 Å². The highest BCUT2D eigenvalue weighted by Gasteiger charge is 2.25. The summed E-state index contributed by atoms with van der Waals surface area (Å²) in [7, 11) is -3.34. The predicted octanol–water partition coefficient (Wildman–Crippen LogP) is 2.00. The second-order valence-electron chi connectivity index (χ2n) is 6.42. The largest absolute Gasteiger partial charge is 0.354 e. The van der Waals surface area contributed by atoms with Gasteiger partial charge in [0.15, 0.2) is 9.84 Å². The summed E-state index contributed by atoms with van der Waals surface area (Å²) in [5.41, 5.74) is 1.87. The van der Waals surface area contributed by atoms with Gasteiger partial charge in [-0.05, 0) is 31.4 Å². The Labute approximate surface area is 149 Å². The quantitative estimate of drug-likeness (QED) is 0.820. The van der Waals surface area contributed by atoms with Crippen LogP contribution in [-0.2, 0) is 16.3 Å². The molecular formula is C18H24N4O2S. The molecule has 0 spiro atoms. The minimum Gasteiger partial charge on any atom is -0.354 e. The third-order valence-corrected chi connectivity index (χ3v) is 5.52. The summed E-state index contributed by atoms with van der Waals surface area (Å²) < 4.78 is 24.2. The predicted molar refractivity (Wildman–Crippen MR) is 98.6 cm³/mol. The van der Waals surface area contributed by atoms with Crippen LogP contribution in [0.3, 0.4) is 0 Å². The molecule has 2 aromatic rings. The first-order valence-corrected chi connectivity index (χ1v) is 10.5. The molecule has 2 heterocycles. The van der Waals surface area contributed by atoms with Gasteiger partial charge in [0.05, 0.1) is 11.9 Å². The summed E-state index contributed by atoms with van der Waals surface area (Å²) in [6, 6.07) is 10.2. The molecule has 0 radical (unpaired) electrons. The van der Waals surface area contributed by atoms with Gasteiger partial charge in [-0.25, -0.2) is 18.4 Å². The molecule has 1 atom stereocenters. The molecule has 0 aliphatic carbocycles. The van der Waals surface area contributed by atoms with Crippen LogP contribution in [0.1, 0.15) is 30.0 Å². The Kier molecular flexibility index (Phi) is 5.65. The van der Waals surface area contributed by atoms with Gasteiger partial charge in [0.2, 0.25) is 5.95 Å². The second kappa shape index (κ2) is 7.93. The SMILES string of the molecule is CS(=O)(=O)c1cnc(NCCc2ccccc2)nc1C1CCCNC1. The molecule has 3 rings (SSSR count). The zero-order valence-corrected chi connectivity index (χ0v) is 15.2. The second-order valence-corrected chi connectivity index (χ2v) is 8.41. The van der Waals surface area contributed by atoms with Crippen molar-refractivity contribution in [3.05, 3.63) is 47.8 Å². The van der Waals surface area contributed by atoms with Gasteiger partial charge in [0, 0.05) is 25.3 Å². The minimum absolute atomic E-state index is 0.108. The van der Waals surface area contributed by atoms with Crippen LogP contribution in [0.15, 0.2) is 41.4 Å². The molecule has 1 aromatic carbocycles. The number of nitrogens with zero attached hydrogens (tertiary/aromatic N) is 2. The molecule has 7 heteroatoms. The average molecular weight is 360 g/mol. The fraction of sp³-hybridized carbons (Fsp3) is 0.444. The fourth-order valence-corrected chi connectivity index (χ4v) is 3.93. The van der Waals surface area contributed by atoms with E-state index >= 15 is 0 Å². The normalized spacial score (nSPS) is 18.0. The van der Waals surface area contributed by atoms with Crippen molar-refractivity contribution >= 4 is 15.8 Å². The van der Waals surface area contributed by atoms with Crippen molar-refractivity contribution in [1.29, 1.82) is 0 Å². The van der Waals surface area contributed by atoms with Crippen molar-refractivity contribution in [2.75, 3.05) is 31.2 Å². The van der Waals surface area contributed by atoms with Crippen molar-refractivity contribution in [3.63, 3.8) is 0 Å². The number of aromatic nitrogens is 2. The topological polar surface area (TPSA) is 84.0 Å². The lowest BCUT2D eigenvalue weighted by Crippen LogP contribution is -2.30. The van der Waals surface area contributed by atoms with E-state index in [0.29, 0.717) is 18.2 Å². The van der Waals surface area contributed by atoms with Crippen LogP contribution in [0.25, 0.3) is 0 Å². The average Bonchev–Trinajstić information content (AvgIpc) is 2.62. The molecule has 0 bridgehead atoms. The van der Waals surface area contributed by atoms with Crippen LogP contribution in [0, 0.1) is 0 Å². The third-order valence-electron chi connectivity index (χ3n) is 4.41. The zero-order valence-electron chi connectivity index (χ0n) is 14.4. The van der Waals surface area contributed by atoms with E-state index in [9.17, 15) is 8.42 Å². The number of nitrogens with one attached hydrogen (secondary N) is 2. The van der Waals surface area contributed by atoms with Crippen molar-refractivity contribution in [1.82, 2.24) is 15.3 Å². The van der Waals surface area contributed by atoms with Crippen LogP contribution in [-0.4, -0.2) is 44.3 Å². The van der Waals surface area contributed by atoms with E-state index in [2.05, 4.69) is 32.7 Å². The van der Waals surface area contributed by atoms with Crippen LogP contribution >= 0.6 is 0 Å². The maximum atomic E-state index is 12.1. The molecular weight excluding hydrogens is 336 g/mol. The number of anilines is 1. The highest BCUT2D eigenvalue weighted by molar-refractivity contribution is 7.90. The van der Waals surface area contributed by atoms with Gasteiger partial charge in [-0.1, -0.05) is 30.3 Å². The van der Waals surface area contributed by atoms with Gasteiger partial charge >= 0.3 is 0 Å². The van der Waals surface area contributed by atoms with Gasteiger partial charge in [-0.15, -0.1) is 0 Å². The lowest BCUT2D eigenvalue weighted by molar-refractivity contribution is 0.448. The van der Waals surface area contributed by atoms with Crippen molar-refractivity contribution < 1.29 is 8.42 Å². The van der Waals surface area contributed by atoms with Crippen molar-refractivity contribution in [2.24, 2.45) is 0 Å². The summed E-state index contributed by atoms with van der Waals surface area (Å²) in [4.78, 5) is 9.01. The molecule has 25 heavy (non-hydrogen) atoms. The summed E-state index contributed by atoms with van der Waals surface area (Å²) in [6.07, 6.45) is 5.48. The summed E-state index contributed by atoms with van der Waals surface area (Å²) in [5, 5.41) is 6.53. The Morgan fingerprint density at radius 3 is 2.76 bits per heavy atom. The number of sulfone groups is 1. The molecule has 1 aliphatic rings. The van der Waals surface area contributed by atoms with Gasteiger partial charge in [0.25, 0.3) is 0 Å². The molecule has 1 fully saturated rings. The molecule has 1 aliphatic heterocycles. The van der Waals surface area contributed by atoms with Crippen LogP contribution in [0.4, 0.5) is 5.95 Å². The lowest BCUT2D eigenvalue weighted by Gasteiger charge is -2.24. The first kappa shape index (κ1) is 17.8. The lowest BCUT2D eigenvalue weighted by atomic mass is 9.96. The number of hydrogen-bond acceptors (Lipinski definition) is 6. The Morgan fingerprint density at radius 1 is 1.28 bits per heavy atom. The maximum Gasteiger partial charge on any atom is 0.222 e. The van der Waals surface area contributed by atoms with Crippen LogP contribution < -0.4 is 10.6 Å². The fourth-order valence-electron chi connectivity index (χ4n) is 3.10. The molecule has 0 saturated carbocycles. The minimum atomic E-state index is -3.34. The van der Waals surface area contributed by atoms with Crippen molar-refractivity contribution in [2.45, 2.75) is 30.1 Å². The van der Waals surface area contributed by atoms with E-state index in [1.807, 2.05) is 18.2 Å². The molecule has 1 unspecified atom stereocenters. The number of rotatable bonds is 6. The molecule has 1 aromatic heterocycles. The Hall–Kier alpha value is -1.99. The van der Waals surface area contributed by atoms with Crippen LogP contribution in [0.5, 0.6) is 0 Å². The van der Waals surface area contributed by atoms with Gasteiger partial charge in [-0.3, -0.25) is 0 Å². The summed E-state index contributed by atoms with van der Waals surface area (Å²) in [6.45, 7) is 2.42. The van der Waals surface area contributed by atoms with E-state index in [4.69, 9.17) is 0 Å². The smallest absolute Gasteiger partial charge is 0.222 e. The maximum absolute atomic E-state index is 12.1. The molecule has 1 saturated heterocycles. The zero-order chi connectivity index (χ0) is 17.7. The van der Waals surface area contributed by atoms with Gasteiger partial charge in [-0.2, -0.15) is 0 Å². The van der Waals surface area contributed by atoms with E-state index in [-0.39, 0.29) is 10.8 Å². The number of hydrogen-bond donors (Lipinski definition) is 2. The van der Waals surface area contributed by atoms with E-state index in [1.54, 1.807) is 0 Å². The molecule has 6 nitrogen and oxygen atoms in total. The molecule has 0 amide bonds.